The van der Waals surface area contributed by atoms with Crippen LogP contribution in [0.2, 0.25) is 0 Å². The maximum Gasteiger partial charge on any atom is 0.274 e. The normalized spacial score (nSPS) is 10.3. The van der Waals surface area contributed by atoms with E-state index in [0.717, 1.165) is 11.4 Å². The van der Waals surface area contributed by atoms with Crippen LogP contribution in [0.4, 0.5) is 17.2 Å². The zero-order valence-electron chi connectivity index (χ0n) is 15.6. The molecule has 1 heterocycles. The van der Waals surface area contributed by atoms with Crippen molar-refractivity contribution < 1.29 is 9.53 Å². The Kier molecular flexibility index (Phi) is 5.66. The highest BCUT2D eigenvalue weighted by Gasteiger charge is 2.14. The third kappa shape index (κ3) is 4.61. The zero-order chi connectivity index (χ0) is 19.2. The number of nitrogens with one attached hydrogen (secondary N) is 1. The van der Waals surface area contributed by atoms with Gasteiger partial charge in [0.1, 0.15) is 23.1 Å². The summed E-state index contributed by atoms with van der Waals surface area (Å²) in [5, 5.41) is 2.86. The lowest BCUT2D eigenvalue weighted by molar-refractivity contribution is 0.102. The van der Waals surface area contributed by atoms with Crippen molar-refractivity contribution in [3.63, 3.8) is 0 Å². The Hall–Kier alpha value is -3.41. The van der Waals surface area contributed by atoms with E-state index in [0.29, 0.717) is 29.6 Å². The minimum Gasteiger partial charge on any atom is -0.494 e. The highest BCUT2D eigenvalue weighted by molar-refractivity contribution is 6.03. The Labute approximate surface area is 158 Å². The van der Waals surface area contributed by atoms with Gasteiger partial charge in [-0.2, -0.15) is 0 Å². The van der Waals surface area contributed by atoms with Gasteiger partial charge >= 0.3 is 0 Å². The van der Waals surface area contributed by atoms with Crippen LogP contribution in [0.3, 0.4) is 0 Å². The summed E-state index contributed by atoms with van der Waals surface area (Å²) >= 11 is 0. The van der Waals surface area contributed by atoms with Gasteiger partial charge in [-0.25, -0.2) is 9.97 Å². The average Bonchev–Trinajstić information content (AvgIpc) is 2.69. The predicted octanol–water partition coefficient (Wildman–Crippen LogP) is 4.20. The quantitative estimate of drug-likeness (QED) is 0.712. The van der Waals surface area contributed by atoms with Crippen molar-refractivity contribution in [2.24, 2.45) is 0 Å². The largest absolute Gasteiger partial charge is 0.494 e. The molecule has 1 N–H and O–H groups in total. The predicted molar refractivity (Wildman–Crippen MR) is 107 cm³/mol. The Bertz CT molecular complexity index is 911. The average molecular weight is 362 g/mol. The zero-order valence-corrected chi connectivity index (χ0v) is 15.6. The molecule has 2 aromatic carbocycles. The lowest BCUT2D eigenvalue weighted by Crippen LogP contribution is -2.18. The maximum absolute atomic E-state index is 12.6. The van der Waals surface area contributed by atoms with Gasteiger partial charge in [0.25, 0.3) is 5.91 Å². The number of nitrogens with zero attached hydrogens (tertiary/aromatic N) is 3. The van der Waals surface area contributed by atoms with E-state index in [4.69, 9.17) is 4.74 Å². The van der Waals surface area contributed by atoms with Crippen molar-refractivity contribution in [3.8, 4) is 5.75 Å². The Morgan fingerprint density at radius 3 is 2.44 bits per heavy atom. The van der Waals surface area contributed by atoms with Gasteiger partial charge in [-0.1, -0.05) is 18.2 Å². The summed E-state index contributed by atoms with van der Waals surface area (Å²) < 4.78 is 5.41. The second-order valence-corrected chi connectivity index (χ2v) is 5.96. The van der Waals surface area contributed by atoms with E-state index < -0.39 is 0 Å². The summed E-state index contributed by atoms with van der Waals surface area (Å²) in [6.45, 7) is 4.30. The molecular weight excluding hydrogens is 340 g/mol. The van der Waals surface area contributed by atoms with Crippen molar-refractivity contribution in [1.82, 2.24) is 9.97 Å². The summed E-state index contributed by atoms with van der Waals surface area (Å²) in [5.41, 5.74) is 1.97. The molecular formula is C21H22N4O2. The van der Waals surface area contributed by atoms with Crippen molar-refractivity contribution in [1.29, 1.82) is 0 Å². The van der Waals surface area contributed by atoms with Gasteiger partial charge in [-0.05, 0) is 50.2 Å². The molecule has 0 saturated carbocycles. The molecule has 0 aliphatic rings. The molecule has 0 aliphatic carbocycles. The first kappa shape index (κ1) is 18.4. The standard InChI is InChI=1S/C21H22N4O2/c1-4-27-18-12-10-16(11-13-18)24-21(26)19-14-20(23-15(2)22-19)25(3)17-8-6-5-7-9-17/h5-14H,4H2,1-3H3,(H,24,26). The molecule has 27 heavy (non-hydrogen) atoms. The number of hydrogen-bond acceptors (Lipinski definition) is 5. The van der Waals surface area contributed by atoms with Crippen LogP contribution in [-0.4, -0.2) is 29.5 Å². The molecule has 0 fully saturated rings. The molecule has 0 aliphatic heterocycles. The fourth-order valence-electron chi connectivity index (χ4n) is 2.62. The number of anilines is 3. The highest BCUT2D eigenvalue weighted by atomic mass is 16.5. The highest BCUT2D eigenvalue weighted by Crippen LogP contribution is 2.22. The molecule has 1 aromatic heterocycles. The van der Waals surface area contributed by atoms with Crippen LogP contribution in [0.5, 0.6) is 5.75 Å². The molecule has 138 valence electrons. The molecule has 0 spiro atoms. The Balaban J connectivity index is 1.79. The van der Waals surface area contributed by atoms with Gasteiger partial charge in [0.05, 0.1) is 6.61 Å². The Morgan fingerprint density at radius 2 is 1.78 bits per heavy atom. The van der Waals surface area contributed by atoms with Crippen LogP contribution in [0.25, 0.3) is 0 Å². The fraction of sp³-hybridized carbons (Fsp3) is 0.190. The van der Waals surface area contributed by atoms with E-state index in [-0.39, 0.29) is 5.91 Å². The molecule has 0 atom stereocenters. The number of hydrogen-bond donors (Lipinski definition) is 1. The number of para-hydroxylation sites is 1. The van der Waals surface area contributed by atoms with Crippen molar-refractivity contribution in [3.05, 3.63) is 72.2 Å². The number of rotatable bonds is 6. The molecule has 0 saturated heterocycles. The first-order valence-corrected chi connectivity index (χ1v) is 8.75. The van der Waals surface area contributed by atoms with E-state index in [1.54, 1.807) is 25.1 Å². The number of carbonyl (C=O) groups excluding carboxylic acids is 1. The lowest BCUT2D eigenvalue weighted by atomic mass is 10.2. The van der Waals surface area contributed by atoms with Gasteiger partial charge in [0.2, 0.25) is 0 Å². The second-order valence-electron chi connectivity index (χ2n) is 5.96. The SMILES string of the molecule is CCOc1ccc(NC(=O)c2cc(N(C)c3ccccc3)nc(C)n2)cc1. The van der Waals surface area contributed by atoms with Gasteiger partial charge in [0, 0.05) is 24.5 Å². The number of aryl methyl sites for hydroxylation is 1. The summed E-state index contributed by atoms with van der Waals surface area (Å²) in [6.07, 6.45) is 0. The molecule has 0 radical (unpaired) electrons. The topological polar surface area (TPSA) is 67.3 Å². The number of amides is 1. The first-order chi connectivity index (χ1) is 13.1. The number of aromatic nitrogens is 2. The van der Waals surface area contributed by atoms with E-state index in [9.17, 15) is 4.79 Å². The van der Waals surface area contributed by atoms with Gasteiger partial charge in [-0.15, -0.1) is 0 Å². The summed E-state index contributed by atoms with van der Waals surface area (Å²) in [4.78, 5) is 23.3. The number of ether oxygens (including phenoxy) is 1. The van der Waals surface area contributed by atoms with Crippen LogP contribution >= 0.6 is 0 Å². The smallest absolute Gasteiger partial charge is 0.274 e. The second kappa shape index (κ2) is 8.31. The van der Waals surface area contributed by atoms with E-state index in [1.807, 2.05) is 61.3 Å². The number of carbonyl (C=O) groups is 1. The summed E-state index contributed by atoms with van der Waals surface area (Å²) in [5.74, 6) is 1.67. The molecule has 1 amide bonds. The van der Waals surface area contributed by atoms with Gasteiger partial charge in [0.15, 0.2) is 0 Å². The van der Waals surface area contributed by atoms with Crippen molar-refractivity contribution in [2.75, 3.05) is 23.9 Å². The monoisotopic (exact) mass is 362 g/mol. The molecule has 0 bridgehead atoms. The minimum absolute atomic E-state index is 0.285. The first-order valence-electron chi connectivity index (χ1n) is 8.75. The van der Waals surface area contributed by atoms with Gasteiger partial charge in [-0.3, -0.25) is 4.79 Å². The lowest BCUT2D eigenvalue weighted by Gasteiger charge is -2.19. The van der Waals surface area contributed by atoms with Crippen LogP contribution < -0.4 is 15.0 Å². The maximum atomic E-state index is 12.6. The van der Waals surface area contributed by atoms with Crippen LogP contribution in [0.15, 0.2) is 60.7 Å². The van der Waals surface area contributed by atoms with Crippen molar-refractivity contribution in [2.45, 2.75) is 13.8 Å². The fourth-order valence-corrected chi connectivity index (χ4v) is 2.62. The molecule has 6 heteroatoms. The minimum atomic E-state index is -0.285. The van der Waals surface area contributed by atoms with Crippen LogP contribution in [0, 0.1) is 6.92 Å². The molecule has 3 aromatic rings. The third-order valence-electron chi connectivity index (χ3n) is 3.97. The molecule has 6 nitrogen and oxygen atoms in total. The molecule has 3 rings (SSSR count). The molecule has 0 unspecified atom stereocenters. The van der Waals surface area contributed by atoms with Gasteiger partial charge < -0.3 is 15.0 Å². The van der Waals surface area contributed by atoms with Crippen LogP contribution in [0.1, 0.15) is 23.2 Å². The van der Waals surface area contributed by atoms with Crippen molar-refractivity contribution >= 4 is 23.1 Å². The van der Waals surface area contributed by atoms with E-state index in [2.05, 4.69) is 15.3 Å². The Morgan fingerprint density at radius 1 is 1.07 bits per heavy atom. The van der Waals surface area contributed by atoms with E-state index in [1.165, 1.54) is 0 Å². The van der Waals surface area contributed by atoms with E-state index >= 15 is 0 Å². The summed E-state index contributed by atoms with van der Waals surface area (Å²) in [7, 11) is 1.91. The summed E-state index contributed by atoms with van der Waals surface area (Å²) in [6, 6.07) is 18.8. The third-order valence-corrected chi connectivity index (χ3v) is 3.97. The number of benzene rings is 2. The van der Waals surface area contributed by atoms with Crippen LogP contribution in [-0.2, 0) is 0 Å².